The van der Waals surface area contributed by atoms with Crippen LogP contribution in [-0.4, -0.2) is 21.7 Å². The van der Waals surface area contributed by atoms with E-state index in [0.717, 1.165) is 11.3 Å². The van der Waals surface area contributed by atoms with Gasteiger partial charge in [-0.1, -0.05) is 65.4 Å². The molecular formula is C23H12ClFN4O3S. The van der Waals surface area contributed by atoms with Gasteiger partial charge in [0.15, 0.2) is 5.13 Å². The maximum atomic E-state index is 13.9. The monoisotopic (exact) mass is 478 g/mol. The largest absolute Gasteiger partial charge is 0.284 e. The standard InChI is InChI=1S/C23H12ClFN4O3S/c24-15-11-17-20(12-16(15)25)33-23(27-17)28-21(13-6-2-1-3-7-13)26-18(22(28)30)10-14-8-4-5-9-19(14)29(31)32/h1-12H. The highest BCUT2D eigenvalue weighted by atomic mass is 35.5. The Morgan fingerprint density at radius 2 is 1.82 bits per heavy atom. The number of nitro groups is 1. The van der Waals surface area contributed by atoms with E-state index in [-0.39, 0.29) is 27.1 Å². The van der Waals surface area contributed by atoms with Crippen LogP contribution in [0.25, 0.3) is 16.3 Å². The summed E-state index contributed by atoms with van der Waals surface area (Å²) in [5.41, 5.74) is 1.23. The predicted octanol–water partition coefficient (Wildman–Crippen LogP) is 5.83. The highest BCUT2D eigenvalue weighted by Crippen LogP contribution is 2.36. The number of nitro benzene ring substituents is 1. The Morgan fingerprint density at radius 1 is 1.09 bits per heavy atom. The minimum atomic E-state index is -0.582. The highest BCUT2D eigenvalue weighted by Gasteiger charge is 2.35. The van der Waals surface area contributed by atoms with E-state index in [1.807, 2.05) is 6.07 Å². The van der Waals surface area contributed by atoms with Crippen LogP contribution in [0.3, 0.4) is 0 Å². The minimum Gasteiger partial charge on any atom is -0.266 e. The fourth-order valence-electron chi connectivity index (χ4n) is 3.41. The van der Waals surface area contributed by atoms with Gasteiger partial charge in [0, 0.05) is 11.6 Å². The van der Waals surface area contributed by atoms with Crippen molar-refractivity contribution in [3.8, 4) is 0 Å². The normalized spacial score (nSPS) is 14.8. The van der Waals surface area contributed by atoms with Crippen LogP contribution in [0.1, 0.15) is 11.1 Å². The third-order valence-electron chi connectivity index (χ3n) is 4.93. The van der Waals surface area contributed by atoms with E-state index in [9.17, 15) is 19.3 Å². The molecule has 0 aliphatic carbocycles. The molecule has 2 heterocycles. The van der Waals surface area contributed by atoms with Gasteiger partial charge in [-0.3, -0.25) is 14.9 Å². The first-order valence-electron chi connectivity index (χ1n) is 9.61. The summed E-state index contributed by atoms with van der Waals surface area (Å²) in [5.74, 6) is -0.769. The zero-order valence-corrected chi connectivity index (χ0v) is 18.2. The van der Waals surface area contributed by atoms with Gasteiger partial charge in [-0.05, 0) is 24.3 Å². The lowest BCUT2D eigenvalue weighted by molar-refractivity contribution is -0.385. The molecule has 3 aromatic carbocycles. The van der Waals surface area contributed by atoms with E-state index in [1.165, 1.54) is 29.2 Å². The van der Waals surface area contributed by atoms with Gasteiger partial charge >= 0.3 is 0 Å². The number of amides is 1. The second kappa shape index (κ2) is 8.19. The van der Waals surface area contributed by atoms with Crippen molar-refractivity contribution in [3.63, 3.8) is 0 Å². The van der Waals surface area contributed by atoms with Gasteiger partial charge in [0.25, 0.3) is 11.6 Å². The molecule has 33 heavy (non-hydrogen) atoms. The lowest BCUT2D eigenvalue weighted by atomic mass is 10.1. The molecule has 5 rings (SSSR count). The molecule has 0 N–H and O–H groups in total. The molecule has 1 amide bonds. The number of fused-ring (bicyclic) bond motifs is 1. The second-order valence-electron chi connectivity index (χ2n) is 7.02. The van der Waals surface area contributed by atoms with E-state index < -0.39 is 16.6 Å². The van der Waals surface area contributed by atoms with Crippen molar-refractivity contribution in [3.05, 3.63) is 105 Å². The summed E-state index contributed by atoms with van der Waals surface area (Å²) in [4.78, 5) is 34.6. The summed E-state index contributed by atoms with van der Waals surface area (Å²) in [6.07, 6.45) is 1.38. The molecule has 1 aromatic heterocycles. The Labute approximate surface area is 195 Å². The van der Waals surface area contributed by atoms with Crippen LogP contribution in [0.4, 0.5) is 15.2 Å². The summed E-state index contributed by atoms with van der Waals surface area (Å²) in [7, 11) is 0. The smallest absolute Gasteiger partial charge is 0.266 e. The summed E-state index contributed by atoms with van der Waals surface area (Å²) in [6.45, 7) is 0. The summed E-state index contributed by atoms with van der Waals surface area (Å²) >= 11 is 7.00. The van der Waals surface area contributed by atoms with Crippen molar-refractivity contribution in [2.24, 2.45) is 4.99 Å². The van der Waals surface area contributed by atoms with Gasteiger partial charge in [-0.2, -0.15) is 0 Å². The van der Waals surface area contributed by atoms with Crippen LogP contribution in [0.15, 0.2) is 77.4 Å². The number of para-hydroxylation sites is 1. The molecule has 1 aliphatic rings. The first-order chi connectivity index (χ1) is 15.9. The number of anilines is 1. The maximum Gasteiger partial charge on any atom is 0.284 e. The number of nitrogens with zero attached hydrogens (tertiary/aromatic N) is 4. The zero-order valence-electron chi connectivity index (χ0n) is 16.6. The van der Waals surface area contributed by atoms with Crippen molar-refractivity contribution < 1.29 is 14.1 Å². The SMILES string of the molecule is O=C1C(=Cc2ccccc2[N+](=O)[O-])N=C(c2ccccc2)N1c1nc2cc(Cl)c(F)cc2s1. The molecule has 7 nitrogen and oxygen atoms in total. The number of hydrogen-bond acceptors (Lipinski definition) is 6. The summed E-state index contributed by atoms with van der Waals surface area (Å²) in [5, 5.41) is 11.6. The molecule has 1 aliphatic heterocycles. The van der Waals surface area contributed by atoms with Gasteiger partial charge < -0.3 is 0 Å². The van der Waals surface area contributed by atoms with E-state index in [1.54, 1.807) is 42.5 Å². The van der Waals surface area contributed by atoms with Crippen molar-refractivity contribution in [2.75, 3.05) is 4.90 Å². The Kier molecular flexibility index (Phi) is 5.20. The number of aliphatic imine (C=N–C) groups is 1. The third kappa shape index (κ3) is 3.77. The Morgan fingerprint density at radius 3 is 2.58 bits per heavy atom. The Hall–Kier alpha value is -3.95. The molecule has 0 bridgehead atoms. The van der Waals surface area contributed by atoms with Crippen molar-refractivity contribution in [1.29, 1.82) is 0 Å². The van der Waals surface area contributed by atoms with Crippen LogP contribution in [0.5, 0.6) is 0 Å². The van der Waals surface area contributed by atoms with E-state index in [0.29, 0.717) is 21.6 Å². The summed E-state index contributed by atoms with van der Waals surface area (Å²) in [6, 6.07) is 17.8. The van der Waals surface area contributed by atoms with E-state index >= 15 is 0 Å². The average molecular weight is 479 g/mol. The number of hydrogen-bond donors (Lipinski definition) is 0. The van der Waals surface area contributed by atoms with Gasteiger partial charge in [0.1, 0.15) is 17.3 Å². The second-order valence-corrected chi connectivity index (χ2v) is 8.43. The molecule has 0 saturated heterocycles. The van der Waals surface area contributed by atoms with E-state index in [4.69, 9.17) is 11.6 Å². The molecule has 10 heteroatoms. The zero-order chi connectivity index (χ0) is 23.1. The number of carbonyl (C=O) groups is 1. The third-order valence-corrected chi connectivity index (χ3v) is 6.22. The van der Waals surface area contributed by atoms with Crippen molar-refractivity contribution in [1.82, 2.24) is 4.98 Å². The number of aromatic nitrogens is 1. The average Bonchev–Trinajstić information content (AvgIpc) is 3.35. The lowest BCUT2D eigenvalue weighted by Crippen LogP contribution is -2.32. The topological polar surface area (TPSA) is 88.7 Å². The molecule has 0 fully saturated rings. The minimum absolute atomic E-state index is 0.0200. The molecule has 0 atom stereocenters. The number of thiazole rings is 1. The number of amidine groups is 1. The fraction of sp³-hybridized carbons (Fsp3) is 0. The van der Waals surface area contributed by atoms with Crippen LogP contribution < -0.4 is 4.90 Å². The van der Waals surface area contributed by atoms with E-state index in [2.05, 4.69) is 9.98 Å². The van der Waals surface area contributed by atoms with Crippen molar-refractivity contribution >= 4 is 61.8 Å². The quantitative estimate of drug-likeness (QED) is 0.209. The van der Waals surface area contributed by atoms with Gasteiger partial charge in [0.2, 0.25) is 0 Å². The highest BCUT2D eigenvalue weighted by molar-refractivity contribution is 7.22. The maximum absolute atomic E-state index is 13.9. The molecule has 0 unspecified atom stereocenters. The summed E-state index contributed by atoms with van der Waals surface area (Å²) < 4.78 is 14.5. The van der Waals surface area contributed by atoms with Crippen LogP contribution in [-0.2, 0) is 4.79 Å². The molecule has 162 valence electrons. The molecule has 4 aromatic rings. The lowest BCUT2D eigenvalue weighted by Gasteiger charge is -2.14. The molecule has 0 saturated carbocycles. The van der Waals surface area contributed by atoms with Crippen LogP contribution >= 0.6 is 22.9 Å². The molecule has 0 radical (unpaired) electrons. The molecular weight excluding hydrogens is 467 g/mol. The Bertz CT molecular complexity index is 1460. The number of benzene rings is 3. The predicted molar refractivity (Wildman–Crippen MR) is 126 cm³/mol. The first kappa shape index (κ1) is 20.9. The van der Waals surface area contributed by atoms with Crippen molar-refractivity contribution in [2.45, 2.75) is 0 Å². The van der Waals surface area contributed by atoms with Gasteiger partial charge in [-0.25, -0.2) is 19.3 Å². The molecule has 0 spiro atoms. The fourth-order valence-corrected chi connectivity index (χ4v) is 4.54. The van der Waals surface area contributed by atoms with Gasteiger partial charge in [0.05, 0.1) is 25.7 Å². The first-order valence-corrected chi connectivity index (χ1v) is 10.8. The number of halogens is 2. The number of carbonyl (C=O) groups excluding carboxylic acids is 1. The van der Waals surface area contributed by atoms with Gasteiger partial charge in [-0.15, -0.1) is 0 Å². The Balaban J connectivity index is 1.66. The van der Waals surface area contributed by atoms with Crippen LogP contribution in [0, 0.1) is 15.9 Å². The number of rotatable bonds is 4. The van der Waals surface area contributed by atoms with Crippen LogP contribution in [0.2, 0.25) is 5.02 Å².